The van der Waals surface area contributed by atoms with Crippen molar-refractivity contribution < 1.29 is 13.6 Å². The van der Waals surface area contributed by atoms with Gasteiger partial charge >= 0.3 is 0 Å². The molecule has 0 fully saturated rings. The highest BCUT2D eigenvalue weighted by Gasteiger charge is 2.37. The molecule has 5 heteroatoms. The summed E-state index contributed by atoms with van der Waals surface area (Å²) in [4.78, 5) is 14.1. The highest BCUT2D eigenvalue weighted by atomic mass is 28.4. The van der Waals surface area contributed by atoms with Crippen molar-refractivity contribution in [2.24, 2.45) is 0 Å². The minimum Gasteiger partial charge on any atom is -0.413 e. The van der Waals surface area contributed by atoms with Crippen LogP contribution in [0.25, 0.3) is 12.2 Å². The van der Waals surface area contributed by atoms with E-state index in [1.165, 1.54) is 19.3 Å². The second-order valence-electron chi connectivity index (χ2n) is 15.3. The van der Waals surface area contributed by atoms with Crippen LogP contribution in [0.2, 0.25) is 36.3 Å². The summed E-state index contributed by atoms with van der Waals surface area (Å²) in [7, 11) is -3.68. The first kappa shape index (κ1) is 38.1. The van der Waals surface area contributed by atoms with Crippen LogP contribution >= 0.6 is 0 Å². The van der Waals surface area contributed by atoms with Gasteiger partial charge in [0.1, 0.15) is 5.78 Å². The van der Waals surface area contributed by atoms with Crippen LogP contribution in [0.15, 0.2) is 60.7 Å². The highest BCUT2D eigenvalue weighted by Crippen LogP contribution is 2.38. The number of unbranched alkanes of at least 4 members (excludes halogenated alkanes) is 4. The highest BCUT2D eigenvalue weighted by molar-refractivity contribution is 6.74. The van der Waals surface area contributed by atoms with E-state index < -0.39 is 16.6 Å². The Morgan fingerprint density at radius 3 is 1.50 bits per heavy atom. The molecule has 244 valence electrons. The lowest BCUT2D eigenvalue weighted by Gasteiger charge is -2.35. The summed E-state index contributed by atoms with van der Waals surface area (Å²) in [6, 6.07) is 16.8. The van der Waals surface area contributed by atoms with E-state index in [2.05, 4.69) is 147 Å². The van der Waals surface area contributed by atoms with E-state index in [4.69, 9.17) is 8.85 Å². The minimum atomic E-state index is -1.84. The summed E-state index contributed by atoms with van der Waals surface area (Å²) in [5.41, 5.74) is 4.28. The van der Waals surface area contributed by atoms with Gasteiger partial charge in [-0.15, -0.1) is 0 Å². The van der Waals surface area contributed by atoms with Crippen molar-refractivity contribution in [1.29, 1.82) is 0 Å². The lowest BCUT2D eigenvalue weighted by molar-refractivity contribution is -0.119. The van der Waals surface area contributed by atoms with Gasteiger partial charge in [0.25, 0.3) is 0 Å². The van der Waals surface area contributed by atoms with Crippen LogP contribution in [0.3, 0.4) is 0 Å². The molecule has 2 aromatic carbocycles. The van der Waals surface area contributed by atoms with Crippen molar-refractivity contribution in [3.05, 3.63) is 82.9 Å². The molecule has 0 N–H and O–H groups in total. The van der Waals surface area contributed by atoms with Gasteiger partial charge in [-0.1, -0.05) is 147 Å². The van der Waals surface area contributed by atoms with Crippen molar-refractivity contribution in [1.82, 2.24) is 0 Å². The van der Waals surface area contributed by atoms with Crippen LogP contribution in [0.5, 0.6) is 0 Å². The molecule has 44 heavy (non-hydrogen) atoms. The van der Waals surface area contributed by atoms with Gasteiger partial charge in [-0.25, -0.2) is 0 Å². The lowest BCUT2D eigenvalue weighted by atomic mass is 9.81. The molecule has 2 aromatic rings. The number of hydrogen-bond acceptors (Lipinski definition) is 3. The second-order valence-corrected chi connectivity index (χ2v) is 24.9. The molecule has 2 rings (SSSR count). The first-order valence-corrected chi connectivity index (χ1v) is 22.6. The molecule has 0 spiro atoms. The smallest absolute Gasteiger partial charge is 0.192 e. The minimum absolute atomic E-state index is 0.167. The quantitative estimate of drug-likeness (QED) is 0.128. The third kappa shape index (κ3) is 11.4. The standard InChI is InChI=1S/C39H62O3Si2/c1-12-13-14-15-16-29-36(40)37(34-27-19-17-23-32(34)25-21-30-41-43(8,9)38(2,3)4)35-28-20-18-24-33(35)26-22-31-42-44(10,11)39(5,6)7/h17-28,37H,12-16,29-31H2,1-11H3/b25-21-,26-22+. The topological polar surface area (TPSA) is 35.5 Å². The van der Waals surface area contributed by atoms with E-state index in [0.29, 0.717) is 25.4 Å². The maximum Gasteiger partial charge on any atom is 0.192 e. The average Bonchev–Trinajstić information content (AvgIpc) is 2.93. The molecule has 0 heterocycles. The van der Waals surface area contributed by atoms with Crippen molar-refractivity contribution in [3.63, 3.8) is 0 Å². The van der Waals surface area contributed by atoms with Crippen molar-refractivity contribution >= 4 is 34.6 Å². The van der Waals surface area contributed by atoms with Crippen LogP contribution in [0, 0.1) is 0 Å². The molecular formula is C39H62O3Si2. The number of ketones is 1. The third-order valence-corrected chi connectivity index (χ3v) is 18.8. The number of hydrogen-bond donors (Lipinski definition) is 0. The molecule has 0 saturated carbocycles. The summed E-state index contributed by atoms with van der Waals surface area (Å²) in [6.45, 7) is 26.1. The maximum atomic E-state index is 14.1. The molecule has 1 unspecified atom stereocenters. The molecular weight excluding hydrogens is 573 g/mol. The maximum absolute atomic E-state index is 14.1. The van der Waals surface area contributed by atoms with Gasteiger partial charge in [0, 0.05) is 6.42 Å². The monoisotopic (exact) mass is 634 g/mol. The third-order valence-electron chi connectivity index (χ3n) is 9.75. The molecule has 0 aliphatic rings. The van der Waals surface area contributed by atoms with Gasteiger partial charge in [0.15, 0.2) is 16.6 Å². The zero-order valence-electron chi connectivity index (χ0n) is 29.9. The van der Waals surface area contributed by atoms with Gasteiger partial charge < -0.3 is 8.85 Å². The predicted octanol–water partition coefficient (Wildman–Crippen LogP) is 11.8. The zero-order chi connectivity index (χ0) is 33.0. The normalized spacial score (nSPS) is 14.1. The van der Waals surface area contributed by atoms with Gasteiger partial charge in [0.05, 0.1) is 19.1 Å². The number of carbonyl (C=O) groups is 1. The first-order valence-electron chi connectivity index (χ1n) is 16.8. The molecule has 0 saturated heterocycles. The first-order chi connectivity index (χ1) is 20.5. The van der Waals surface area contributed by atoms with Gasteiger partial charge in [-0.2, -0.15) is 0 Å². The van der Waals surface area contributed by atoms with Crippen LogP contribution in [-0.2, 0) is 13.6 Å². The molecule has 0 aromatic heterocycles. The number of rotatable bonds is 17. The average molecular weight is 635 g/mol. The van der Waals surface area contributed by atoms with Gasteiger partial charge in [-0.05, 0) is 64.9 Å². The zero-order valence-corrected chi connectivity index (χ0v) is 31.9. The van der Waals surface area contributed by atoms with Crippen molar-refractivity contribution in [2.75, 3.05) is 13.2 Å². The molecule has 0 radical (unpaired) electrons. The summed E-state index contributed by atoms with van der Waals surface area (Å²) < 4.78 is 12.8. The number of benzene rings is 2. The lowest BCUT2D eigenvalue weighted by Crippen LogP contribution is -2.40. The second kappa shape index (κ2) is 17.0. The molecule has 0 amide bonds. The fraction of sp³-hybridized carbons (Fsp3) is 0.564. The fourth-order valence-corrected chi connectivity index (χ4v) is 6.60. The molecule has 0 aliphatic heterocycles. The Hall–Kier alpha value is -2.06. The van der Waals surface area contributed by atoms with Crippen LogP contribution in [-0.4, -0.2) is 35.6 Å². The SMILES string of the molecule is CCCCCCCC(=O)C(c1ccccc1/C=C\CO[Si](C)(C)C(C)(C)C)c1ccccc1/C=C/CO[Si](C)(C)C(C)(C)C. The summed E-state index contributed by atoms with van der Waals surface area (Å²) in [5, 5.41) is 0.334. The largest absolute Gasteiger partial charge is 0.413 e. The summed E-state index contributed by atoms with van der Waals surface area (Å²) in [5.74, 6) is -0.0382. The Labute approximate surface area is 272 Å². The predicted molar refractivity (Wildman–Crippen MR) is 197 cm³/mol. The van der Waals surface area contributed by atoms with E-state index in [0.717, 1.165) is 35.1 Å². The van der Waals surface area contributed by atoms with Gasteiger partial charge in [-0.3, -0.25) is 4.79 Å². The molecule has 1 atom stereocenters. The van der Waals surface area contributed by atoms with E-state index >= 15 is 0 Å². The van der Waals surface area contributed by atoms with E-state index in [-0.39, 0.29) is 16.0 Å². The Balaban J connectivity index is 2.42. The number of carbonyl (C=O) groups excluding carboxylic acids is 1. The Kier molecular flexibility index (Phi) is 14.8. The van der Waals surface area contributed by atoms with E-state index in [1.54, 1.807) is 0 Å². The molecule has 3 nitrogen and oxygen atoms in total. The van der Waals surface area contributed by atoms with Crippen molar-refractivity contribution in [3.8, 4) is 0 Å². The summed E-state index contributed by atoms with van der Waals surface area (Å²) in [6.07, 6.45) is 14.8. The van der Waals surface area contributed by atoms with E-state index in [9.17, 15) is 4.79 Å². The molecule has 0 bridgehead atoms. The van der Waals surface area contributed by atoms with Crippen LogP contribution < -0.4 is 0 Å². The Morgan fingerprint density at radius 1 is 0.682 bits per heavy atom. The molecule has 0 aliphatic carbocycles. The Bertz CT molecular complexity index is 1140. The number of Topliss-reactive ketones (excluding diaryl/α,β-unsaturated/α-hetero) is 1. The van der Waals surface area contributed by atoms with Crippen LogP contribution in [0.4, 0.5) is 0 Å². The summed E-state index contributed by atoms with van der Waals surface area (Å²) >= 11 is 0. The van der Waals surface area contributed by atoms with E-state index in [1.807, 2.05) is 0 Å². The van der Waals surface area contributed by atoms with Crippen molar-refractivity contribution in [2.45, 2.75) is 129 Å². The Morgan fingerprint density at radius 2 is 1.09 bits per heavy atom. The van der Waals surface area contributed by atoms with Gasteiger partial charge in [0.2, 0.25) is 0 Å². The fourth-order valence-electron chi connectivity index (χ4n) is 4.71. The van der Waals surface area contributed by atoms with Crippen LogP contribution in [0.1, 0.15) is 115 Å².